The van der Waals surface area contributed by atoms with Crippen molar-refractivity contribution in [1.29, 1.82) is 0 Å². The summed E-state index contributed by atoms with van der Waals surface area (Å²) in [5.74, 6) is 0.978. The molecule has 126 valence electrons. The number of fused-ring (bicyclic) bond motifs is 1. The summed E-state index contributed by atoms with van der Waals surface area (Å²) in [5.41, 5.74) is 0. The average molecular weight is 355 g/mol. The first-order valence-electron chi connectivity index (χ1n) is 7.81. The highest BCUT2D eigenvalue weighted by molar-refractivity contribution is 7.88. The average Bonchev–Trinajstić information content (AvgIpc) is 2.96. The second-order valence-corrected chi connectivity index (χ2v) is 9.14. The first kappa shape index (κ1) is 16.6. The summed E-state index contributed by atoms with van der Waals surface area (Å²) in [6.07, 6.45) is 5.54. The van der Waals surface area contributed by atoms with Crippen LogP contribution in [0.3, 0.4) is 0 Å². The molecule has 1 aliphatic heterocycles. The molecule has 1 aliphatic rings. The lowest BCUT2D eigenvalue weighted by Gasteiger charge is -2.36. The van der Waals surface area contributed by atoms with Gasteiger partial charge in [0.05, 0.1) is 11.6 Å². The molecule has 6 nitrogen and oxygen atoms in total. The van der Waals surface area contributed by atoms with Crippen molar-refractivity contribution in [3.63, 3.8) is 0 Å². The van der Waals surface area contributed by atoms with E-state index >= 15 is 0 Å². The number of aromatic nitrogens is 2. The Morgan fingerprint density at radius 2 is 2.04 bits per heavy atom. The number of thiophene rings is 1. The van der Waals surface area contributed by atoms with Crippen LogP contribution in [0.25, 0.3) is 10.2 Å². The van der Waals surface area contributed by atoms with Crippen molar-refractivity contribution in [2.75, 3.05) is 31.3 Å². The van der Waals surface area contributed by atoms with E-state index in [9.17, 15) is 8.42 Å². The number of hydrogen-bond acceptors (Lipinski definition) is 6. The third-order valence-corrected chi connectivity index (χ3v) is 7.04. The highest BCUT2D eigenvalue weighted by atomic mass is 32.2. The molecule has 0 radical (unpaired) electrons. The van der Waals surface area contributed by atoms with Gasteiger partial charge >= 0.3 is 0 Å². The summed E-state index contributed by atoms with van der Waals surface area (Å²) < 4.78 is 24.9. The minimum atomic E-state index is -3.13. The minimum absolute atomic E-state index is 0.0762. The van der Waals surface area contributed by atoms with Crippen LogP contribution in [0.15, 0.2) is 12.4 Å². The largest absolute Gasteiger partial charge is 0.356 e. The fourth-order valence-corrected chi connectivity index (χ4v) is 4.71. The molecule has 2 aromatic rings. The van der Waals surface area contributed by atoms with Gasteiger partial charge in [0.25, 0.3) is 0 Å². The maximum atomic E-state index is 11.7. The van der Waals surface area contributed by atoms with E-state index in [-0.39, 0.29) is 6.04 Å². The number of anilines is 1. The summed E-state index contributed by atoms with van der Waals surface area (Å²) in [5, 5.41) is 1.12. The predicted molar refractivity (Wildman–Crippen MR) is 94.6 cm³/mol. The van der Waals surface area contributed by atoms with Crippen molar-refractivity contribution in [2.45, 2.75) is 32.2 Å². The molecular formula is C15H22N4O2S2. The molecule has 1 saturated heterocycles. The molecule has 1 fully saturated rings. The molecule has 0 aliphatic carbocycles. The highest BCUT2D eigenvalue weighted by Gasteiger charge is 2.28. The van der Waals surface area contributed by atoms with E-state index in [1.165, 1.54) is 15.4 Å². The zero-order valence-electron chi connectivity index (χ0n) is 13.7. The van der Waals surface area contributed by atoms with Crippen molar-refractivity contribution in [1.82, 2.24) is 14.3 Å². The Kier molecular flexibility index (Phi) is 4.57. The standard InChI is InChI=1S/C15H22N4O2S2/c1-4-12-9-13-14(16-10-17-15(13)22-12)19-7-5-11(6-8-19)18(2)23(3,20)21/h9-11H,4-8H2,1-3H3. The molecule has 23 heavy (non-hydrogen) atoms. The van der Waals surface area contributed by atoms with Crippen molar-refractivity contribution >= 4 is 37.4 Å². The second-order valence-electron chi connectivity index (χ2n) is 5.98. The third kappa shape index (κ3) is 3.34. The Morgan fingerprint density at radius 1 is 1.35 bits per heavy atom. The van der Waals surface area contributed by atoms with Crippen molar-refractivity contribution < 1.29 is 8.42 Å². The van der Waals surface area contributed by atoms with Crippen LogP contribution >= 0.6 is 11.3 Å². The van der Waals surface area contributed by atoms with Crippen LogP contribution in [0, 0.1) is 0 Å². The fourth-order valence-electron chi connectivity index (χ4n) is 3.03. The molecule has 0 spiro atoms. The maximum absolute atomic E-state index is 11.7. The Balaban J connectivity index is 1.79. The van der Waals surface area contributed by atoms with Crippen molar-refractivity contribution in [3.05, 3.63) is 17.3 Å². The number of sulfonamides is 1. The number of hydrogen-bond donors (Lipinski definition) is 0. The van der Waals surface area contributed by atoms with E-state index in [0.717, 1.165) is 48.4 Å². The van der Waals surface area contributed by atoms with Gasteiger partial charge in [-0.25, -0.2) is 22.7 Å². The molecule has 0 saturated carbocycles. The lowest BCUT2D eigenvalue weighted by molar-refractivity contribution is 0.313. The molecular weight excluding hydrogens is 332 g/mol. The summed E-state index contributed by atoms with van der Waals surface area (Å²) in [4.78, 5) is 13.5. The number of aryl methyl sites for hydroxylation is 1. The van der Waals surface area contributed by atoms with Gasteiger partial charge in [-0.15, -0.1) is 11.3 Å². The normalized spacial score (nSPS) is 17.3. The zero-order valence-corrected chi connectivity index (χ0v) is 15.3. The van der Waals surface area contributed by atoms with Gasteiger partial charge in [0, 0.05) is 31.1 Å². The maximum Gasteiger partial charge on any atom is 0.211 e. The monoisotopic (exact) mass is 354 g/mol. The molecule has 3 heterocycles. The van der Waals surface area contributed by atoms with E-state index in [0.29, 0.717) is 0 Å². The van der Waals surface area contributed by atoms with Gasteiger partial charge in [-0.05, 0) is 25.3 Å². The molecule has 2 aromatic heterocycles. The van der Waals surface area contributed by atoms with E-state index in [1.54, 1.807) is 24.7 Å². The zero-order chi connectivity index (χ0) is 16.6. The number of nitrogens with zero attached hydrogens (tertiary/aromatic N) is 4. The van der Waals surface area contributed by atoms with Crippen LogP contribution in [0.1, 0.15) is 24.6 Å². The van der Waals surface area contributed by atoms with Crippen LogP contribution in [0.5, 0.6) is 0 Å². The van der Waals surface area contributed by atoms with Crippen LogP contribution in [0.4, 0.5) is 5.82 Å². The number of piperidine rings is 1. The van der Waals surface area contributed by atoms with Gasteiger partial charge in [-0.2, -0.15) is 0 Å². The van der Waals surface area contributed by atoms with Crippen molar-refractivity contribution in [2.24, 2.45) is 0 Å². The Bertz CT molecular complexity index is 795. The lowest BCUT2D eigenvalue weighted by atomic mass is 10.1. The molecule has 0 atom stereocenters. The number of rotatable bonds is 4. The highest BCUT2D eigenvalue weighted by Crippen LogP contribution is 2.32. The SMILES string of the molecule is CCc1cc2c(N3CCC(N(C)S(C)(=O)=O)CC3)ncnc2s1. The smallest absolute Gasteiger partial charge is 0.211 e. The van der Waals surface area contributed by atoms with Gasteiger partial charge in [0.1, 0.15) is 17.0 Å². The van der Waals surface area contributed by atoms with Gasteiger partial charge < -0.3 is 4.90 Å². The summed E-state index contributed by atoms with van der Waals surface area (Å²) >= 11 is 1.72. The van der Waals surface area contributed by atoms with E-state index < -0.39 is 10.0 Å². The Morgan fingerprint density at radius 3 is 2.65 bits per heavy atom. The fraction of sp³-hybridized carbons (Fsp3) is 0.600. The van der Waals surface area contributed by atoms with E-state index in [4.69, 9.17) is 0 Å². The van der Waals surface area contributed by atoms with E-state index in [1.807, 2.05) is 0 Å². The quantitative estimate of drug-likeness (QED) is 0.841. The molecule has 0 amide bonds. The van der Waals surface area contributed by atoms with Gasteiger partial charge in [-0.1, -0.05) is 6.92 Å². The second kappa shape index (κ2) is 6.33. The summed E-state index contributed by atoms with van der Waals surface area (Å²) in [6.45, 7) is 3.77. The molecule has 3 rings (SSSR count). The lowest BCUT2D eigenvalue weighted by Crippen LogP contribution is -2.45. The van der Waals surface area contributed by atoms with E-state index in [2.05, 4.69) is 27.9 Å². The Hall–Kier alpha value is -1.25. The van der Waals surface area contributed by atoms with Crippen LogP contribution in [-0.2, 0) is 16.4 Å². The third-order valence-electron chi connectivity index (χ3n) is 4.51. The summed E-state index contributed by atoms with van der Waals surface area (Å²) in [7, 11) is -1.46. The van der Waals surface area contributed by atoms with Crippen LogP contribution in [-0.4, -0.2) is 55.1 Å². The summed E-state index contributed by atoms with van der Waals surface area (Å²) in [6, 6.07) is 2.26. The van der Waals surface area contributed by atoms with Gasteiger partial charge in [0.2, 0.25) is 10.0 Å². The molecule has 0 N–H and O–H groups in total. The van der Waals surface area contributed by atoms with Gasteiger partial charge in [0.15, 0.2) is 0 Å². The first-order chi connectivity index (χ1) is 10.9. The van der Waals surface area contributed by atoms with Gasteiger partial charge in [-0.3, -0.25) is 0 Å². The molecule has 0 bridgehead atoms. The predicted octanol–water partition coefficient (Wildman–Crippen LogP) is 2.11. The minimum Gasteiger partial charge on any atom is -0.356 e. The molecule has 0 unspecified atom stereocenters. The molecule has 8 heteroatoms. The topological polar surface area (TPSA) is 66.4 Å². The Labute approximate surface area is 141 Å². The first-order valence-corrected chi connectivity index (χ1v) is 10.5. The van der Waals surface area contributed by atoms with Crippen molar-refractivity contribution in [3.8, 4) is 0 Å². The van der Waals surface area contributed by atoms with Crippen LogP contribution < -0.4 is 4.90 Å². The van der Waals surface area contributed by atoms with Crippen LogP contribution in [0.2, 0.25) is 0 Å². The molecule has 0 aromatic carbocycles.